The topological polar surface area (TPSA) is 92.6 Å². The number of rotatable bonds is 3. The first-order valence-electron chi connectivity index (χ1n) is 10.4. The molecule has 2 unspecified atom stereocenters. The first kappa shape index (κ1) is 17.4. The molecular formula is C20H25N7O2. The van der Waals surface area contributed by atoms with Gasteiger partial charge in [-0.25, -0.2) is 9.50 Å². The number of nitrogens with one attached hydrogen (secondary N) is 2. The molecule has 2 bridgehead atoms. The van der Waals surface area contributed by atoms with E-state index in [-0.39, 0.29) is 17.7 Å². The molecule has 6 rings (SSSR count). The first-order chi connectivity index (χ1) is 14.2. The van der Waals surface area contributed by atoms with Crippen LogP contribution in [-0.4, -0.2) is 69.8 Å². The molecule has 152 valence electrons. The number of ether oxygens (including phenoxy) is 2. The highest BCUT2D eigenvalue weighted by Crippen LogP contribution is 2.42. The first-order valence-corrected chi connectivity index (χ1v) is 10.4. The van der Waals surface area contributed by atoms with Crippen LogP contribution in [0.25, 0.3) is 17.0 Å². The molecule has 9 nitrogen and oxygen atoms in total. The maximum absolute atomic E-state index is 6.47. The summed E-state index contributed by atoms with van der Waals surface area (Å²) in [6.07, 6.45) is 5.95. The maximum atomic E-state index is 6.47. The van der Waals surface area contributed by atoms with E-state index in [9.17, 15) is 0 Å². The van der Waals surface area contributed by atoms with Crippen LogP contribution in [-0.2, 0) is 15.1 Å². The standard InChI is InChI=1S/C20H25N7O2/c1-13-11-28-7-6-26(13)16-8-18(20-4-2-14(29-20)9-21-12-20)25-27-17(16)10-22-19(27)15-3-5-23-24-15/h3,5,8,10,13-14,21H,2,4,6-7,9,11-12H2,1H3,(H,23,24)/t13-,14?,20?/m1/s1. The molecule has 0 amide bonds. The second-order valence-electron chi connectivity index (χ2n) is 8.29. The average Bonchev–Trinajstić information content (AvgIpc) is 3.47. The van der Waals surface area contributed by atoms with E-state index in [1.807, 2.05) is 16.8 Å². The molecule has 3 aliphatic heterocycles. The van der Waals surface area contributed by atoms with E-state index in [1.165, 1.54) is 0 Å². The number of aromatic nitrogens is 5. The fourth-order valence-electron chi connectivity index (χ4n) is 4.88. The Kier molecular flexibility index (Phi) is 3.90. The predicted molar refractivity (Wildman–Crippen MR) is 107 cm³/mol. The Balaban J connectivity index is 1.56. The lowest BCUT2D eigenvalue weighted by Crippen LogP contribution is -2.47. The van der Waals surface area contributed by atoms with Gasteiger partial charge in [0.1, 0.15) is 16.8 Å². The van der Waals surface area contributed by atoms with E-state index in [0.717, 1.165) is 74.1 Å². The van der Waals surface area contributed by atoms with Gasteiger partial charge in [-0.2, -0.15) is 10.2 Å². The van der Waals surface area contributed by atoms with Gasteiger partial charge in [0.2, 0.25) is 0 Å². The van der Waals surface area contributed by atoms with E-state index in [2.05, 4.69) is 38.4 Å². The SMILES string of the molecule is C[C@@H]1COCCN1c1cc(C23CCC(CNC2)O3)nn2c(-c3ccn[nH]3)ncc12. The summed E-state index contributed by atoms with van der Waals surface area (Å²) in [5.74, 6) is 0.760. The van der Waals surface area contributed by atoms with Gasteiger partial charge in [0.15, 0.2) is 5.82 Å². The maximum Gasteiger partial charge on any atom is 0.179 e. The zero-order chi connectivity index (χ0) is 19.4. The number of imidazole rings is 1. The summed E-state index contributed by atoms with van der Waals surface area (Å²) in [7, 11) is 0. The molecule has 0 aromatic carbocycles. The lowest BCUT2D eigenvalue weighted by atomic mass is 9.95. The zero-order valence-corrected chi connectivity index (χ0v) is 16.5. The summed E-state index contributed by atoms with van der Waals surface area (Å²) < 4.78 is 14.1. The number of morpholine rings is 2. The minimum absolute atomic E-state index is 0.266. The van der Waals surface area contributed by atoms with E-state index in [4.69, 9.17) is 14.6 Å². The number of aromatic amines is 1. The molecule has 0 radical (unpaired) electrons. The van der Waals surface area contributed by atoms with Crippen molar-refractivity contribution in [3.63, 3.8) is 0 Å². The number of fused-ring (bicyclic) bond motifs is 3. The van der Waals surface area contributed by atoms with Crippen molar-refractivity contribution in [1.29, 1.82) is 0 Å². The molecule has 0 aliphatic carbocycles. The van der Waals surface area contributed by atoms with Crippen molar-refractivity contribution in [2.75, 3.05) is 37.7 Å². The lowest BCUT2D eigenvalue weighted by molar-refractivity contribution is -0.0717. The van der Waals surface area contributed by atoms with Crippen molar-refractivity contribution in [2.45, 2.75) is 37.5 Å². The van der Waals surface area contributed by atoms with Crippen LogP contribution in [0, 0.1) is 0 Å². The van der Waals surface area contributed by atoms with E-state index in [1.54, 1.807) is 6.20 Å². The van der Waals surface area contributed by atoms with Crippen molar-refractivity contribution >= 4 is 11.2 Å². The molecule has 3 aromatic rings. The molecule has 6 heterocycles. The smallest absolute Gasteiger partial charge is 0.179 e. The molecule has 0 saturated carbocycles. The van der Waals surface area contributed by atoms with Crippen molar-refractivity contribution in [3.8, 4) is 11.5 Å². The van der Waals surface area contributed by atoms with E-state index >= 15 is 0 Å². The third-order valence-corrected chi connectivity index (χ3v) is 6.41. The highest BCUT2D eigenvalue weighted by molar-refractivity contribution is 5.76. The minimum Gasteiger partial charge on any atom is -0.377 e. The molecule has 3 aromatic heterocycles. The third kappa shape index (κ3) is 2.68. The lowest BCUT2D eigenvalue weighted by Gasteiger charge is -2.37. The Labute approximate surface area is 168 Å². The highest BCUT2D eigenvalue weighted by Gasteiger charge is 2.46. The monoisotopic (exact) mass is 395 g/mol. The van der Waals surface area contributed by atoms with Crippen LogP contribution in [0.1, 0.15) is 25.5 Å². The molecule has 9 heteroatoms. The van der Waals surface area contributed by atoms with Crippen LogP contribution in [0.5, 0.6) is 0 Å². The molecule has 29 heavy (non-hydrogen) atoms. The minimum atomic E-state index is -0.378. The van der Waals surface area contributed by atoms with Crippen molar-refractivity contribution in [1.82, 2.24) is 30.1 Å². The van der Waals surface area contributed by atoms with Crippen LogP contribution in [0.3, 0.4) is 0 Å². The number of nitrogens with zero attached hydrogens (tertiary/aromatic N) is 5. The van der Waals surface area contributed by atoms with Crippen LogP contribution in [0.4, 0.5) is 5.69 Å². The fourth-order valence-corrected chi connectivity index (χ4v) is 4.88. The van der Waals surface area contributed by atoms with E-state index in [0.29, 0.717) is 0 Å². The predicted octanol–water partition coefficient (Wildman–Crippen LogP) is 1.32. The van der Waals surface area contributed by atoms with Crippen LogP contribution in [0.15, 0.2) is 24.5 Å². The molecule has 0 spiro atoms. The van der Waals surface area contributed by atoms with E-state index < -0.39 is 0 Å². The summed E-state index contributed by atoms with van der Waals surface area (Å²) in [6, 6.07) is 4.42. The number of anilines is 1. The summed E-state index contributed by atoms with van der Waals surface area (Å²) in [6.45, 7) is 6.19. The van der Waals surface area contributed by atoms with Gasteiger partial charge in [-0.05, 0) is 31.9 Å². The van der Waals surface area contributed by atoms with Gasteiger partial charge in [0.05, 0.1) is 36.9 Å². The average molecular weight is 395 g/mol. The molecular weight excluding hydrogens is 370 g/mol. The Morgan fingerprint density at radius 3 is 3.17 bits per heavy atom. The van der Waals surface area contributed by atoms with Crippen molar-refractivity contribution in [3.05, 3.63) is 30.2 Å². The zero-order valence-electron chi connectivity index (χ0n) is 16.5. The summed E-state index contributed by atoms with van der Waals surface area (Å²) in [5.41, 5.74) is 3.56. The Bertz CT molecular complexity index is 1030. The molecule has 2 N–H and O–H groups in total. The van der Waals surface area contributed by atoms with Gasteiger partial charge in [-0.3, -0.25) is 5.10 Å². The van der Waals surface area contributed by atoms with Crippen molar-refractivity contribution in [2.24, 2.45) is 0 Å². The van der Waals surface area contributed by atoms with Gasteiger partial charge in [-0.15, -0.1) is 0 Å². The van der Waals surface area contributed by atoms with Crippen LogP contribution in [0.2, 0.25) is 0 Å². The van der Waals surface area contributed by atoms with Gasteiger partial charge >= 0.3 is 0 Å². The summed E-state index contributed by atoms with van der Waals surface area (Å²) in [5, 5.41) is 15.7. The van der Waals surface area contributed by atoms with Gasteiger partial charge in [0.25, 0.3) is 0 Å². The second kappa shape index (κ2) is 6.51. The fraction of sp³-hybridized carbons (Fsp3) is 0.550. The molecule has 3 atom stereocenters. The Morgan fingerprint density at radius 1 is 1.34 bits per heavy atom. The molecule has 3 aliphatic rings. The number of hydrogen-bond acceptors (Lipinski definition) is 7. The van der Waals surface area contributed by atoms with Gasteiger partial charge in [0, 0.05) is 31.9 Å². The Hall–Kier alpha value is -2.49. The van der Waals surface area contributed by atoms with Gasteiger partial charge < -0.3 is 19.7 Å². The van der Waals surface area contributed by atoms with Crippen LogP contribution < -0.4 is 10.2 Å². The van der Waals surface area contributed by atoms with Gasteiger partial charge in [-0.1, -0.05) is 0 Å². The normalized spacial score (nSPS) is 29.6. The summed E-state index contributed by atoms with van der Waals surface area (Å²) in [4.78, 5) is 7.08. The van der Waals surface area contributed by atoms with Crippen LogP contribution >= 0.6 is 0 Å². The summed E-state index contributed by atoms with van der Waals surface area (Å²) >= 11 is 0. The number of hydrogen-bond donors (Lipinski definition) is 2. The van der Waals surface area contributed by atoms with Crippen molar-refractivity contribution < 1.29 is 9.47 Å². The highest BCUT2D eigenvalue weighted by atomic mass is 16.5. The molecule has 3 fully saturated rings. The Morgan fingerprint density at radius 2 is 2.31 bits per heavy atom. The quantitative estimate of drug-likeness (QED) is 0.691. The largest absolute Gasteiger partial charge is 0.377 e. The molecule has 3 saturated heterocycles. The number of H-pyrrole nitrogens is 1. The second-order valence-corrected chi connectivity index (χ2v) is 8.29. The third-order valence-electron chi connectivity index (χ3n) is 6.41.